The number of hydrogen-bond acceptors (Lipinski definition) is 5. The Morgan fingerprint density at radius 1 is 0.963 bits per heavy atom. The van der Waals surface area contributed by atoms with Gasteiger partial charge < -0.3 is 15.2 Å². The van der Waals surface area contributed by atoms with Gasteiger partial charge in [0.25, 0.3) is 0 Å². The molecule has 0 aromatic heterocycles. The van der Waals surface area contributed by atoms with Crippen molar-refractivity contribution in [3.8, 4) is 5.75 Å². The molecule has 1 aliphatic rings. The van der Waals surface area contributed by atoms with Gasteiger partial charge in [-0.15, -0.1) is 12.4 Å². The number of aliphatic hydroxyl groups excluding tert-OH is 1. The highest BCUT2D eigenvalue weighted by Gasteiger charge is 2.32. The number of rotatable bonds is 5. The van der Waals surface area contributed by atoms with Crippen molar-refractivity contribution in [1.82, 2.24) is 5.32 Å². The number of fused-ring (bicyclic) bond motifs is 2. The highest BCUT2D eigenvalue weighted by molar-refractivity contribution is 6.29. The van der Waals surface area contributed by atoms with Crippen LogP contribution in [0.4, 0.5) is 0 Å². The van der Waals surface area contributed by atoms with Gasteiger partial charge in [0.2, 0.25) is 0 Å². The van der Waals surface area contributed by atoms with Gasteiger partial charge in [-0.3, -0.25) is 9.59 Å². The highest BCUT2D eigenvalue weighted by atomic mass is 35.5. The van der Waals surface area contributed by atoms with Crippen LogP contribution in [0.15, 0.2) is 42.5 Å². The standard InChI is InChI=1S/C21H23NO4.ClH/c1-21(2,3)22-11-13(23)12-26-17-10-6-9-16-18(17)20(25)15-8-5-4-7-14(15)19(16)24;/h4-10,13,22-23H,11-12H2,1-3H3;1H. The smallest absolute Gasteiger partial charge is 0.198 e. The summed E-state index contributed by atoms with van der Waals surface area (Å²) in [6, 6.07) is 11.8. The van der Waals surface area contributed by atoms with Crippen molar-refractivity contribution in [3.05, 3.63) is 64.7 Å². The Morgan fingerprint density at radius 2 is 1.56 bits per heavy atom. The van der Waals surface area contributed by atoms with Crippen molar-refractivity contribution >= 4 is 24.0 Å². The first kappa shape index (κ1) is 21.1. The molecule has 2 aromatic carbocycles. The van der Waals surface area contributed by atoms with Gasteiger partial charge in [0.1, 0.15) is 18.5 Å². The lowest BCUT2D eigenvalue weighted by Gasteiger charge is -2.24. The average Bonchev–Trinajstić information content (AvgIpc) is 2.62. The molecule has 0 spiro atoms. The van der Waals surface area contributed by atoms with Gasteiger partial charge in [-0.25, -0.2) is 0 Å². The molecule has 27 heavy (non-hydrogen) atoms. The molecule has 0 saturated carbocycles. The predicted octanol–water partition coefficient (Wildman–Crippen LogP) is 3.01. The monoisotopic (exact) mass is 389 g/mol. The number of carbonyl (C=O) groups is 2. The Bertz CT molecular complexity index is 858. The third-order valence-corrected chi connectivity index (χ3v) is 4.21. The van der Waals surface area contributed by atoms with Crippen LogP contribution in [0.1, 0.15) is 52.6 Å². The Morgan fingerprint density at radius 3 is 2.19 bits per heavy atom. The van der Waals surface area contributed by atoms with Gasteiger partial charge in [-0.05, 0) is 26.8 Å². The summed E-state index contributed by atoms with van der Waals surface area (Å²) in [6.45, 7) is 6.43. The Kier molecular flexibility index (Phi) is 6.42. The van der Waals surface area contributed by atoms with E-state index in [1.54, 1.807) is 42.5 Å². The molecule has 0 saturated heterocycles. The molecule has 144 valence electrons. The lowest BCUT2D eigenvalue weighted by Crippen LogP contribution is -2.42. The maximum absolute atomic E-state index is 12.9. The van der Waals surface area contributed by atoms with Crippen LogP contribution in [-0.4, -0.2) is 41.5 Å². The molecule has 2 aromatic rings. The van der Waals surface area contributed by atoms with Gasteiger partial charge >= 0.3 is 0 Å². The van der Waals surface area contributed by atoms with Gasteiger partial charge in [0.15, 0.2) is 11.6 Å². The number of β-amino-alcohol motifs (C(OH)–C–C–N with tert-alkyl or cyclic N) is 1. The minimum atomic E-state index is -0.730. The number of aliphatic hydroxyl groups is 1. The fourth-order valence-electron chi connectivity index (χ4n) is 2.90. The lowest BCUT2D eigenvalue weighted by molar-refractivity contribution is 0.0936. The number of halogens is 1. The summed E-state index contributed by atoms with van der Waals surface area (Å²) in [5.74, 6) is -0.0890. The second kappa shape index (κ2) is 8.21. The fraction of sp³-hybridized carbons (Fsp3) is 0.333. The molecular formula is C21H24ClNO4. The fourth-order valence-corrected chi connectivity index (χ4v) is 2.90. The van der Waals surface area contributed by atoms with Gasteiger partial charge in [-0.1, -0.05) is 36.4 Å². The van der Waals surface area contributed by atoms with Crippen LogP contribution in [-0.2, 0) is 0 Å². The Labute approximate surface area is 165 Å². The second-order valence-electron chi connectivity index (χ2n) is 7.48. The highest BCUT2D eigenvalue weighted by Crippen LogP contribution is 2.33. The Balaban J connectivity index is 0.00000261. The minimum absolute atomic E-state index is 0. The van der Waals surface area contributed by atoms with E-state index in [2.05, 4.69) is 5.32 Å². The molecule has 0 amide bonds. The van der Waals surface area contributed by atoms with E-state index >= 15 is 0 Å². The molecule has 0 aliphatic heterocycles. The summed E-state index contributed by atoms with van der Waals surface area (Å²) in [5.41, 5.74) is 1.30. The molecule has 1 unspecified atom stereocenters. The molecule has 0 radical (unpaired) electrons. The average molecular weight is 390 g/mol. The normalized spacial score (nSPS) is 14.1. The van der Waals surface area contributed by atoms with Crippen molar-refractivity contribution in [2.75, 3.05) is 13.2 Å². The summed E-state index contributed by atoms with van der Waals surface area (Å²) in [4.78, 5) is 25.6. The first-order valence-corrected chi connectivity index (χ1v) is 8.65. The SMILES string of the molecule is CC(C)(C)NCC(O)COc1cccc2c1C(=O)c1ccccc1C2=O.Cl. The van der Waals surface area contributed by atoms with Gasteiger partial charge in [0, 0.05) is 28.8 Å². The third-order valence-electron chi connectivity index (χ3n) is 4.21. The van der Waals surface area contributed by atoms with Crippen LogP contribution in [0.25, 0.3) is 0 Å². The van der Waals surface area contributed by atoms with E-state index in [0.29, 0.717) is 29.0 Å². The van der Waals surface area contributed by atoms with E-state index < -0.39 is 6.10 Å². The molecule has 2 N–H and O–H groups in total. The summed E-state index contributed by atoms with van der Waals surface area (Å²) in [6.07, 6.45) is -0.730. The zero-order chi connectivity index (χ0) is 18.9. The van der Waals surface area contributed by atoms with Crippen LogP contribution < -0.4 is 10.1 Å². The quantitative estimate of drug-likeness (QED) is 0.701. The largest absolute Gasteiger partial charge is 0.490 e. The van der Waals surface area contributed by atoms with Gasteiger partial charge in [0.05, 0.1) is 5.56 Å². The van der Waals surface area contributed by atoms with Crippen LogP contribution in [0.5, 0.6) is 5.75 Å². The Hall–Kier alpha value is -2.21. The maximum Gasteiger partial charge on any atom is 0.198 e. The second-order valence-corrected chi connectivity index (χ2v) is 7.48. The molecule has 1 atom stereocenters. The molecule has 3 rings (SSSR count). The van der Waals surface area contributed by atoms with Crippen molar-refractivity contribution in [2.24, 2.45) is 0 Å². The molecule has 5 nitrogen and oxygen atoms in total. The van der Waals surface area contributed by atoms with E-state index in [0.717, 1.165) is 0 Å². The minimum Gasteiger partial charge on any atom is -0.490 e. The zero-order valence-corrected chi connectivity index (χ0v) is 16.4. The number of nitrogens with one attached hydrogen (secondary N) is 1. The summed E-state index contributed by atoms with van der Waals surface area (Å²) in [7, 11) is 0. The van der Waals surface area contributed by atoms with E-state index in [1.165, 1.54) is 0 Å². The van der Waals surface area contributed by atoms with E-state index in [9.17, 15) is 14.7 Å². The number of ketones is 2. The number of hydrogen-bond donors (Lipinski definition) is 2. The predicted molar refractivity (Wildman–Crippen MR) is 106 cm³/mol. The topological polar surface area (TPSA) is 75.6 Å². The summed E-state index contributed by atoms with van der Waals surface area (Å²) in [5, 5.41) is 13.3. The molecule has 0 fully saturated rings. The van der Waals surface area contributed by atoms with E-state index in [-0.39, 0.29) is 41.7 Å². The number of ether oxygens (including phenoxy) is 1. The first-order valence-electron chi connectivity index (χ1n) is 8.65. The summed E-state index contributed by atoms with van der Waals surface area (Å²) >= 11 is 0. The van der Waals surface area contributed by atoms with Crippen LogP contribution >= 0.6 is 12.4 Å². The van der Waals surface area contributed by atoms with E-state index in [4.69, 9.17) is 4.74 Å². The van der Waals surface area contributed by atoms with Crippen molar-refractivity contribution < 1.29 is 19.4 Å². The molecule has 0 heterocycles. The van der Waals surface area contributed by atoms with Crippen molar-refractivity contribution in [1.29, 1.82) is 0 Å². The molecule has 6 heteroatoms. The number of benzene rings is 2. The van der Waals surface area contributed by atoms with Crippen LogP contribution in [0.2, 0.25) is 0 Å². The third kappa shape index (κ3) is 4.56. The van der Waals surface area contributed by atoms with Crippen molar-refractivity contribution in [3.63, 3.8) is 0 Å². The maximum atomic E-state index is 12.9. The number of carbonyl (C=O) groups excluding carboxylic acids is 2. The first-order chi connectivity index (χ1) is 12.3. The molecule has 1 aliphatic carbocycles. The van der Waals surface area contributed by atoms with Gasteiger partial charge in [-0.2, -0.15) is 0 Å². The van der Waals surface area contributed by atoms with Crippen molar-refractivity contribution in [2.45, 2.75) is 32.4 Å². The molecular weight excluding hydrogens is 366 g/mol. The van der Waals surface area contributed by atoms with Crippen LogP contribution in [0.3, 0.4) is 0 Å². The van der Waals surface area contributed by atoms with Crippen LogP contribution in [0, 0.1) is 0 Å². The molecule has 0 bridgehead atoms. The lowest BCUT2D eigenvalue weighted by atomic mass is 9.83. The summed E-state index contributed by atoms with van der Waals surface area (Å²) < 4.78 is 5.70. The van der Waals surface area contributed by atoms with E-state index in [1.807, 2.05) is 20.8 Å². The zero-order valence-electron chi connectivity index (χ0n) is 15.6.